The summed E-state index contributed by atoms with van der Waals surface area (Å²) in [4.78, 5) is 15.8. The van der Waals surface area contributed by atoms with Gasteiger partial charge in [0.05, 0.1) is 0 Å². The van der Waals surface area contributed by atoms with E-state index in [9.17, 15) is 4.79 Å². The molecule has 3 nitrogen and oxygen atoms in total. The highest BCUT2D eigenvalue weighted by atomic mass is 16.2. The van der Waals surface area contributed by atoms with Crippen LogP contribution < -0.4 is 0 Å². The molecule has 2 amide bonds. The van der Waals surface area contributed by atoms with Crippen LogP contribution in [0.3, 0.4) is 0 Å². The number of likely N-dealkylation sites (tertiary alicyclic amines) is 1. The third-order valence-electron chi connectivity index (χ3n) is 3.06. The van der Waals surface area contributed by atoms with Gasteiger partial charge in [-0.1, -0.05) is 13.0 Å². The minimum atomic E-state index is 0.171. The second-order valence-electron chi connectivity index (χ2n) is 4.28. The summed E-state index contributed by atoms with van der Waals surface area (Å²) in [6.07, 6.45) is 4.06. The summed E-state index contributed by atoms with van der Waals surface area (Å²) in [6, 6.07) is 0.171. The molecule has 86 valence electrons. The molecule has 0 spiro atoms. The molecule has 1 aliphatic rings. The van der Waals surface area contributed by atoms with E-state index in [1.54, 1.807) is 6.08 Å². The first-order valence-corrected chi connectivity index (χ1v) is 5.83. The Balaban J connectivity index is 2.47. The van der Waals surface area contributed by atoms with Crippen molar-refractivity contribution in [3.63, 3.8) is 0 Å². The maximum absolute atomic E-state index is 12.0. The number of amides is 2. The van der Waals surface area contributed by atoms with Gasteiger partial charge >= 0.3 is 6.03 Å². The number of piperidine rings is 1. The lowest BCUT2D eigenvalue weighted by Crippen LogP contribution is -2.46. The number of carbonyl (C=O) groups excluding carboxylic acids is 1. The number of rotatable bonds is 3. The molecule has 3 heteroatoms. The fourth-order valence-electron chi connectivity index (χ4n) is 1.90. The zero-order valence-corrected chi connectivity index (χ0v) is 9.91. The molecule has 0 aliphatic carbocycles. The van der Waals surface area contributed by atoms with E-state index in [2.05, 4.69) is 13.5 Å². The lowest BCUT2D eigenvalue weighted by molar-refractivity contribution is 0.140. The summed E-state index contributed by atoms with van der Waals surface area (Å²) in [5, 5.41) is 0. The van der Waals surface area contributed by atoms with Crippen LogP contribution in [0.2, 0.25) is 0 Å². The van der Waals surface area contributed by atoms with E-state index in [-0.39, 0.29) is 6.03 Å². The van der Waals surface area contributed by atoms with Gasteiger partial charge in [-0.15, -0.1) is 6.58 Å². The topological polar surface area (TPSA) is 23.6 Å². The number of carbonyl (C=O) groups is 1. The summed E-state index contributed by atoms with van der Waals surface area (Å²) >= 11 is 0. The van der Waals surface area contributed by atoms with Crippen molar-refractivity contribution < 1.29 is 4.79 Å². The third kappa shape index (κ3) is 3.26. The van der Waals surface area contributed by atoms with E-state index in [0.29, 0.717) is 6.54 Å². The van der Waals surface area contributed by atoms with Crippen LogP contribution in [0, 0.1) is 5.92 Å². The van der Waals surface area contributed by atoms with Crippen molar-refractivity contribution in [2.45, 2.75) is 26.7 Å². The van der Waals surface area contributed by atoms with Crippen LogP contribution in [-0.4, -0.2) is 42.0 Å². The molecule has 0 N–H and O–H groups in total. The molecule has 1 heterocycles. The molecule has 1 rings (SSSR count). The van der Waals surface area contributed by atoms with Gasteiger partial charge in [0.15, 0.2) is 0 Å². The first-order chi connectivity index (χ1) is 7.19. The summed E-state index contributed by atoms with van der Waals surface area (Å²) < 4.78 is 0. The quantitative estimate of drug-likeness (QED) is 0.656. The summed E-state index contributed by atoms with van der Waals surface area (Å²) in [6.45, 7) is 11.2. The maximum atomic E-state index is 12.0. The molecule has 0 aromatic carbocycles. The third-order valence-corrected chi connectivity index (χ3v) is 3.06. The largest absolute Gasteiger partial charge is 0.325 e. The molecular formula is C12H22N2O. The van der Waals surface area contributed by atoms with E-state index in [0.717, 1.165) is 38.4 Å². The lowest BCUT2D eigenvalue weighted by atomic mass is 10.00. The number of urea groups is 1. The molecule has 15 heavy (non-hydrogen) atoms. The van der Waals surface area contributed by atoms with Gasteiger partial charge in [0.1, 0.15) is 0 Å². The van der Waals surface area contributed by atoms with Crippen molar-refractivity contribution in [3.8, 4) is 0 Å². The van der Waals surface area contributed by atoms with Crippen LogP contribution in [0.15, 0.2) is 12.7 Å². The van der Waals surface area contributed by atoms with Crippen molar-refractivity contribution in [3.05, 3.63) is 12.7 Å². The van der Waals surface area contributed by atoms with Crippen LogP contribution >= 0.6 is 0 Å². The van der Waals surface area contributed by atoms with E-state index in [1.807, 2.05) is 16.7 Å². The van der Waals surface area contributed by atoms with Crippen LogP contribution in [0.5, 0.6) is 0 Å². The molecule has 0 bridgehead atoms. The highest BCUT2D eigenvalue weighted by Crippen LogP contribution is 2.17. The van der Waals surface area contributed by atoms with E-state index < -0.39 is 0 Å². The Morgan fingerprint density at radius 2 is 2.13 bits per heavy atom. The molecule has 0 saturated carbocycles. The van der Waals surface area contributed by atoms with Crippen molar-refractivity contribution in [2.24, 2.45) is 5.92 Å². The minimum Gasteiger partial charge on any atom is -0.325 e. The molecule has 1 aliphatic heterocycles. The van der Waals surface area contributed by atoms with Crippen molar-refractivity contribution in [1.82, 2.24) is 9.80 Å². The smallest absolute Gasteiger partial charge is 0.320 e. The SMILES string of the molecule is C=CCN(CC)C(=O)N1CCC(C)CC1. The van der Waals surface area contributed by atoms with Gasteiger partial charge in [-0.3, -0.25) is 0 Å². The Morgan fingerprint density at radius 1 is 1.53 bits per heavy atom. The zero-order valence-electron chi connectivity index (χ0n) is 9.91. The first kappa shape index (κ1) is 12.1. The van der Waals surface area contributed by atoms with Crippen molar-refractivity contribution in [2.75, 3.05) is 26.2 Å². The Kier molecular flexibility index (Phi) is 4.66. The summed E-state index contributed by atoms with van der Waals surface area (Å²) in [7, 11) is 0. The normalized spacial score (nSPS) is 17.6. The predicted octanol–water partition coefficient (Wildman–Crippen LogP) is 2.35. The lowest BCUT2D eigenvalue weighted by Gasteiger charge is -2.34. The molecule has 1 fully saturated rings. The number of likely N-dealkylation sites (N-methyl/N-ethyl adjacent to an activating group) is 1. The Hall–Kier alpha value is -0.990. The highest BCUT2D eigenvalue weighted by Gasteiger charge is 2.23. The first-order valence-electron chi connectivity index (χ1n) is 5.83. The molecule has 0 aromatic heterocycles. The highest BCUT2D eigenvalue weighted by molar-refractivity contribution is 5.74. The summed E-state index contributed by atoms with van der Waals surface area (Å²) in [5.41, 5.74) is 0. The molecule has 0 aromatic rings. The minimum absolute atomic E-state index is 0.171. The van der Waals surface area contributed by atoms with Gasteiger partial charge in [0.25, 0.3) is 0 Å². The van der Waals surface area contributed by atoms with E-state index in [1.165, 1.54) is 0 Å². The second kappa shape index (κ2) is 5.79. The van der Waals surface area contributed by atoms with Gasteiger partial charge in [-0.25, -0.2) is 4.79 Å². The van der Waals surface area contributed by atoms with Crippen molar-refractivity contribution in [1.29, 1.82) is 0 Å². The van der Waals surface area contributed by atoms with Crippen LogP contribution in [0.1, 0.15) is 26.7 Å². The number of hydrogen-bond donors (Lipinski definition) is 0. The summed E-state index contributed by atoms with van der Waals surface area (Å²) in [5.74, 6) is 0.767. The molecule has 0 atom stereocenters. The fraction of sp³-hybridized carbons (Fsp3) is 0.750. The van der Waals surface area contributed by atoms with Gasteiger partial charge in [-0.2, -0.15) is 0 Å². The van der Waals surface area contributed by atoms with Crippen LogP contribution in [0.25, 0.3) is 0 Å². The molecule has 0 unspecified atom stereocenters. The second-order valence-corrected chi connectivity index (χ2v) is 4.28. The average Bonchev–Trinajstić information content (AvgIpc) is 2.26. The standard InChI is InChI=1S/C12H22N2O/c1-4-8-13(5-2)12(15)14-9-6-11(3)7-10-14/h4,11H,1,5-10H2,2-3H3. The van der Waals surface area contributed by atoms with Gasteiger partial charge in [0.2, 0.25) is 0 Å². The monoisotopic (exact) mass is 210 g/mol. The van der Waals surface area contributed by atoms with Gasteiger partial charge < -0.3 is 9.80 Å². The maximum Gasteiger partial charge on any atom is 0.320 e. The zero-order chi connectivity index (χ0) is 11.3. The Labute approximate surface area is 92.7 Å². The fourth-order valence-corrected chi connectivity index (χ4v) is 1.90. The average molecular weight is 210 g/mol. The molecular weight excluding hydrogens is 188 g/mol. The van der Waals surface area contributed by atoms with Crippen molar-refractivity contribution >= 4 is 6.03 Å². The van der Waals surface area contributed by atoms with Crippen LogP contribution in [-0.2, 0) is 0 Å². The Bertz CT molecular complexity index is 220. The molecule has 0 radical (unpaired) electrons. The molecule has 1 saturated heterocycles. The number of nitrogens with zero attached hydrogens (tertiary/aromatic N) is 2. The van der Waals surface area contributed by atoms with Gasteiger partial charge in [0, 0.05) is 26.2 Å². The Morgan fingerprint density at radius 3 is 2.60 bits per heavy atom. The van der Waals surface area contributed by atoms with E-state index in [4.69, 9.17) is 0 Å². The van der Waals surface area contributed by atoms with Gasteiger partial charge in [-0.05, 0) is 25.7 Å². The number of hydrogen-bond acceptors (Lipinski definition) is 1. The predicted molar refractivity (Wildman–Crippen MR) is 62.8 cm³/mol. The van der Waals surface area contributed by atoms with Crippen LogP contribution in [0.4, 0.5) is 4.79 Å². The van der Waals surface area contributed by atoms with E-state index >= 15 is 0 Å².